The SMILES string of the molecule is COc1ccc(C(=O)CS(=O)c2cccc(Cl)c2)cc1F. The van der Waals surface area contributed by atoms with Gasteiger partial charge in [0.1, 0.15) is 0 Å². The molecule has 21 heavy (non-hydrogen) atoms. The molecule has 0 amide bonds. The number of methoxy groups -OCH3 is 1. The van der Waals surface area contributed by atoms with E-state index in [1.54, 1.807) is 24.3 Å². The number of ether oxygens (including phenoxy) is 1. The number of carbonyl (C=O) groups is 1. The lowest BCUT2D eigenvalue weighted by molar-refractivity contribution is 0.102. The van der Waals surface area contributed by atoms with E-state index in [0.717, 1.165) is 6.07 Å². The van der Waals surface area contributed by atoms with Gasteiger partial charge in [0.25, 0.3) is 0 Å². The molecule has 0 bridgehead atoms. The smallest absolute Gasteiger partial charge is 0.175 e. The van der Waals surface area contributed by atoms with Crippen LogP contribution in [-0.4, -0.2) is 22.9 Å². The minimum atomic E-state index is -1.53. The highest BCUT2D eigenvalue weighted by Gasteiger charge is 2.14. The number of halogens is 2. The molecule has 0 fully saturated rings. The maximum absolute atomic E-state index is 13.6. The van der Waals surface area contributed by atoms with Crippen molar-refractivity contribution in [3.8, 4) is 5.75 Å². The van der Waals surface area contributed by atoms with Crippen LogP contribution >= 0.6 is 11.6 Å². The Morgan fingerprint density at radius 3 is 2.67 bits per heavy atom. The Hall–Kier alpha value is -1.72. The highest BCUT2D eigenvalue weighted by Crippen LogP contribution is 2.19. The topological polar surface area (TPSA) is 43.4 Å². The predicted molar refractivity (Wildman–Crippen MR) is 80.0 cm³/mol. The second-order valence-corrected chi connectivity index (χ2v) is 6.11. The van der Waals surface area contributed by atoms with Gasteiger partial charge >= 0.3 is 0 Å². The number of Topliss-reactive ketones (excluding diaryl/α,β-unsaturated/α-hetero) is 1. The first-order valence-corrected chi connectivity index (χ1v) is 7.71. The summed E-state index contributed by atoms with van der Waals surface area (Å²) in [6.45, 7) is 0. The molecule has 2 aromatic rings. The summed E-state index contributed by atoms with van der Waals surface area (Å²) in [5.41, 5.74) is 0.156. The molecular formula is C15H12ClFO3S. The molecule has 0 aliphatic heterocycles. The molecule has 0 saturated carbocycles. The van der Waals surface area contributed by atoms with E-state index in [4.69, 9.17) is 16.3 Å². The minimum absolute atomic E-state index is 0.0579. The van der Waals surface area contributed by atoms with E-state index >= 15 is 0 Å². The second kappa shape index (κ2) is 6.83. The summed E-state index contributed by atoms with van der Waals surface area (Å²) in [6, 6.07) is 10.4. The van der Waals surface area contributed by atoms with Gasteiger partial charge in [0.05, 0.1) is 23.7 Å². The van der Waals surface area contributed by atoms with Crippen molar-refractivity contribution in [1.29, 1.82) is 0 Å². The van der Waals surface area contributed by atoms with Crippen LogP contribution in [0.3, 0.4) is 0 Å². The molecular weight excluding hydrogens is 315 g/mol. The third-order valence-corrected chi connectivity index (χ3v) is 4.33. The Kier molecular flexibility index (Phi) is 5.09. The molecule has 0 spiro atoms. The van der Waals surface area contributed by atoms with Gasteiger partial charge in [-0.3, -0.25) is 9.00 Å². The van der Waals surface area contributed by atoms with Crippen molar-refractivity contribution in [3.05, 3.63) is 58.9 Å². The summed E-state index contributed by atoms with van der Waals surface area (Å²) in [6.07, 6.45) is 0. The summed E-state index contributed by atoms with van der Waals surface area (Å²) in [7, 11) is -0.184. The maximum Gasteiger partial charge on any atom is 0.175 e. The van der Waals surface area contributed by atoms with Gasteiger partial charge in [0.2, 0.25) is 0 Å². The van der Waals surface area contributed by atoms with Crippen LogP contribution in [0, 0.1) is 5.82 Å². The lowest BCUT2D eigenvalue weighted by Gasteiger charge is -2.05. The van der Waals surface area contributed by atoms with E-state index in [9.17, 15) is 13.4 Å². The molecule has 2 aromatic carbocycles. The van der Waals surface area contributed by atoms with Crippen molar-refractivity contribution < 1.29 is 18.1 Å². The summed E-state index contributed by atoms with van der Waals surface area (Å²) < 4.78 is 30.4. The molecule has 0 saturated heterocycles. The van der Waals surface area contributed by atoms with E-state index in [-0.39, 0.29) is 17.1 Å². The number of hydrogen-bond donors (Lipinski definition) is 0. The zero-order valence-electron chi connectivity index (χ0n) is 11.1. The molecule has 3 nitrogen and oxygen atoms in total. The van der Waals surface area contributed by atoms with Gasteiger partial charge in [0.15, 0.2) is 17.3 Å². The number of hydrogen-bond acceptors (Lipinski definition) is 3. The molecule has 0 aliphatic carbocycles. The lowest BCUT2D eigenvalue weighted by Crippen LogP contribution is -2.11. The van der Waals surface area contributed by atoms with E-state index in [1.807, 2.05) is 0 Å². The first-order valence-electron chi connectivity index (χ1n) is 6.02. The number of carbonyl (C=O) groups excluding carboxylic acids is 1. The van der Waals surface area contributed by atoms with Crippen LogP contribution in [0.1, 0.15) is 10.4 Å². The van der Waals surface area contributed by atoms with Crippen molar-refractivity contribution in [1.82, 2.24) is 0 Å². The Labute approximate surface area is 129 Å². The van der Waals surface area contributed by atoms with E-state index < -0.39 is 22.4 Å². The zero-order chi connectivity index (χ0) is 15.4. The normalized spacial score (nSPS) is 12.0. The zero-order valence-corrected chi connectivity index (χ0v) is 12.7. The molecule has 0 aliphatic rings. The van der Waals surface area contributed by atoms with Gasteiger partial charge in [-0.15, -0.1) is 0 Å². The molecule has 0 heterocycles. The third kappa shape index (κ3) is 3.89. The highest BCUT2D eigenvalue weighted by atomic mass is 35.5. The molecule has 0 radical (unpaired) electrons. The largest absolute Gasteiger partial charge is 0.494 e. The van der Waals surface area contributed by atoms with Crippen LogP contribution in [0.15, 0.2) is 47.4 Å². The summed E-state index contributed by atoms with van der Waals surface area (Å²) in [4.78, 5) is 12.5. The van der Waals surface area contributed by atoms with Gasteiger partial charge in [-0.05, 0) is 36.4 Å². The summed E-state index contributed by atoms with van der Waals surface area (Å²) in [5.74, 6) is -1.21. The summed E-state index contributed by atoms with van der Waals surface area (Å²) >= 11 is 5.81. The van der Waals surface area contributed by atoms with Crippen molar-refractivity contribution >= 4 is 28.2 Å². The third-order valence-electron chi connectivity index (χ3n) is 2.79. The second-order valence-electron chi connectivity index (χ2n) is 4.22. The Morgan fingerprint density at radius 1 is 1.29 bits per heavy atom. The van der Waals surface area contributed by atoms with Crippen LogP contribution in [0.4, 0.5) is 4.39 Å². The Bertz CT molecular complexity index is 703. The Balaban J connectivity index is 2.14. The van der Waals surface area contributed by atoms with Gasteiger partial charge in [-0.1, -0.05) is 17.7 Å². The maximum atomic E-state index is 13.6. The standard InChI is InChI=1S/C15H12ClFO3S/c1-20-15-6-5-10(7-13(15)17)14(18)9-21(19)12-4-2-3-11(16)8-12/h2-8H,9H2,1H3. The van der Waals surface area contributed by atoms with Crippen LogP contribution in [0.2, 0.25) is 5.02 Å². The molecule has 1 atom stereocenters. The van der Waals surface area contributed by atoms with Crippen LogP contribution in [0.5, 0.6) is 5.75 Å². The number of benzene rings is 2. The van der Waals surface area contributed by atoms with Crippen LogP contribution < -0.4 is 4.74 Å². The quantitative estimate of drug-likeness (QED) is 0.790. The first kappa shape index (κ1) is 15.7. The number of ketones is 1. The van der Waals surface area contributed by atoms with Crippen molar-refractivity contribution in [3.63, 3.8) is 0 Å². The van der Waals surface area contributed by atoms with E-state index in [0.29, 0.717) is 9.92 Å². The molecule has 2 rings (SSSR count). The average molecular weight is 327 g/mol. The van der Waals surface area contributed by atoms with E-state index in [2.05, 4.69) is 0 Å². The molecule has 1 unspecified atom stereocenters. The summed E-state index contributed by atoms with van der Waals surface area (Å²) in [5, 5.41) is 0.448. The van der Waals surface area contributed by atoms with Crippen molar-refractivity contribution in [2.75, 3.05) is 12.9 Å². The minimum Gasteiger partial charge on any atom is -0.494 e. The molecule has 0 aromatic heterocycles. The first-order chi connectivity index (χ1) is 10.0. The fourth-order valence-electron chi connectivity index (χ4n) is 1.73. The van der Waals surface area contributed by atoms with Crippen molar-refractivity contribution in [2.45, 2.75) is 4.90 Å². The van der Waals surface area contributed by atoms with Gasteiger partial charge in [-0.25, -0.2) is 4.39 Å². The molecule has 110 valence electrons. The van der Waals surface area contributed by atoms with E-state index in [1.165, 1.54) is 19.2 Å². The van der Waals surface area contributed by atoms with Crippen LogP contribution in [-0.2, 0) is 10.8 Å². The fraction of sp³-hybridized carbons (Fsp3) is 0.133. The highest BCUT2D eigenvalue weighted by molar-refractivity contribution is 7.85. The number of rotatable bonds is 5. The fourth-order valence-corrected chi connectivity index (χ4v) is 3.05. The predicted octanol–water partition coefficient (Wildman–Crippen LogP) is 3.48. The lowest BCUT2D eigenvalue weighted by atomic mass is 10.1. The van der Waals surface area contributed by atoms with Gasteiger partial charge < -0.3 is 4.74 Å². The van der Waals surface area contributed by atoms with Gasteiger partial charge in [-0.2, -0.15) is 0 Å². The van der Waals surface area contributed by atoms with Gasteiger partial charge in [0, 0.05) is 15.5 Å². The van der Waals surface area contributed by atoms with Crippen LogP contribution in [0.25, 0.3) is 0 Å². The van der Waals surface area contributed by atoms with Crippen molar-refractivity contribution in [2.24, 2.45) is 0 Å². The average Bonchev–Trinajstić information content (AvgIpc) is 2.47. The Morgan fingerprint density at radius 2 is 2.05 bits per heavy atom. The molecule has 0 N–H and O–H groups in total. The molecule has 6 heteroatoms. The monoisotopic (exact) mass is 326 g/mol.